The summed E-state index contributed by atoms with van der Waals surface area (Å²) in [5.41, 5.74) is 2.67. The third-order valence-electron chi connectivity index (χ3n) is 2.69. The molecule has 0 radical (unpaired) electrons. The van der Waals surface area contributed by atoms with Gasteiger partial charge in [0.25, 0.3) is 0 Å². The van der Waals surface area contributed by atoms with Crippen LogP contribution in [0.5, 0.6) is 0 Å². The molecule has 1 aromatic rings. The molecule has 0 aliphatic carbocycles. The normalized spacial score (nSPS) is 11.8. The Morgan fingerprint density at radius 1 is 1.30 bits per heavy atom. The number of hydrazine groups is 1. The van der Waals surface area contributed by atoms with Crippen LogP contribution in [0, 0.1) is 5.41 Å². The molecular formula is C13H26N6O. The number of ether oxygens (including phenoxy) is 1. The third kappa shape index (κ3) is 5.68. The average Bonchev–Trinajstić information content (AvgIpc) is 2.35. The molecular weight excluding hydrogens is 256 g/mol. The zero-order chi connectivity index (χ0) is 15.2. The number of rotatable bonds is 8. The van der Waals surface area contributed by atoms with Crippen LogP contribution in [-0.2, 0) is 11.3 Å². The number of methoxy groups -OCH3 is 1. The van der Waals surface area contributed by atoms with Crippen LogP contribution in [0.4, 0.5) is 11.6 Å². The Morgan fingerprint density at radius 3 is 2.50 bits per heavy atom. The maximum absolute atomic E-state index is 5.42. The molecule has 20 heavy (non-hydrogen) atoms. The van der Waals surface area contributed by atoms with Gasteiger partial charge in [-0.25, -0.2) is 15.8 Å². The van der Waals surface area contributed by atoms with Gasteiger partial charge in [-0.1, -0.05) is 13.8 Å². The minimum atomic E-state index is 0.131. The largest absolute Gasteiger partial charge is 0.377 e. The van der Waals surface area contributed by atoms with Crippen molar-refractivity contribution in [2.75, 3.05) is 45.0 Å². The first-order valence-electron chi connectivity index (χ1n) is 6.58. The highest BCUT2D eigenvalue weighted by molar-refractivity contribution is 5.46. The number of nitrogens with one attached hydrogen (secondary N) is 2. The van der Waals surface area contributed by atoms with Gasteiger partial charge in [-0.3, -0.25) is 0 Å². The summed E-state index contributed by atoms with van der Waals surface area (Å²) >= 11 is 0. The van der Waals surface area contributed by atoms with Crippen LogP contribution >= 0.6 is 0 Å². The Kier molecular flexibility index (Phi) is 6.12. The second kappa shape index (κ2) is 7.37. The minimum absolute atomic E-state index is 0.131. The summed E-state index contributed by atoms with van der Waals surface area (Å²) in [5.74, 6) is 7.32. The molecule has 0 spiro atoms. The van der Waals surface area contributed by atoms with Gasteiger partial charge in [-0.15, -0.1) is 0 Å². The molecule has 114 valence electrons. The van der Waals surface area contributed by atoms with E-state index < -0.39 is 0 Å². The molecule has 0 aromatic carbocycles. The molecule has 0 saturated heterocycles. The smallest absolute Gasteiger partial charge is 0.158 e. The van der Waals surface area contributed by atoms with Crippen molar-refractivity contribution in [3.8, 4) is 0 Å². The van der Waals surface area contributed by atoms with Crippen molar-refractivity contribution in [2.45, 2.75) is 20.5 Å². The van der Waals surface area contributed by atoms with Gasteiger partial charge in [0.05, 0.1) is 0 Å². The minimum Gasteiger partial charge on any atom is -0.377 e. The van der Waals surface area contributed by atoms with Gasteiger partial charge >= 0.3 is 0 Å². The fourth-order valence-corrected chi connectivity index (χ4v) is 2.10. The van der Waals surface area contributed by atoms with Crippen molar-refractivity contribution >= 4 is 11.6 Å². The average molecular weight is 282 g/mol. The van der Waals surface area contributed by atoms with Crippen LogP contribution < -0.4 is 16.6 Å². The second-order valence-corrected chi connectivity index (χ2v) is 5.89. The summed E-state index contributed by atoms with van der Waals surface area (Å²) in [6, 6.07) is 1.78. The summed E-state index contributed by atoms with van der Waals surface area (Å²) in [5, 5.41) is 3.33. The lowest BCUT2D eigenvalue weighted by Crippen LogP contribution is -2.34. The number of aromatic nitrogens is 2. The van der Waals surface area contributed by atoms with E-state index in [4.69, 9.17) is 10.6 Å². The van der Waals surface area contributed by atoms with E-state index in [0.29, 0.717) is 18.2 Å². The number of nitrogen functional groups attached to an aromatic ring is 1. The zero-order valence-corrected chi connectivity index (χ0v) is 13.0. The molecule has 0 fully saturated rings. The lowest BCUT2D eigenvalue weighted by molar-refractivity contribution is 0.178. The lowest BCUT2D eigenvalue weighted by Gasteiger charge is -2.28. The Hall–Kier alpha value is -1.44. The Balaban J connectivity index is 2.73. The fraction of sp³-hybridized carbons (Fsp3) is 0.692. The highest BCUT2D eigenvalue weighted by Crippen LogP contribution is 2.18. The predicted octanol–water partition coefficient (Wildman–Crippen LogP) is 0.908. The molecule has 1 heterocycles. The summed E-state index contributed by atoms with van der Waals surface area (Å²) < 4.78 is 5.05. The molecule has 0 amide bonds. The van der Waals surface area contributed by atoms with E-state index in [1.807, 2.05) is 0 Å². The van der Waals surface area contributed by atoms with Gasteiger partial charge in [-0.2, -0.15) is 0 Å². The number of hydrogen-bond donors (Lipinski definition) is 3. The first-order valence-corrected chi connectivity index (χ1v) is 6.58. The third-order valence-corrected chi connectivity index (χ3v) is 2.69. The monoisotopic (exact) mass is 282 g/mol. The molecule has 0 atom stereocenters. The fourth-order valence-electron chi connectivity index (χ4n) is 2.10. The van der Waals surface area contributed by atoms with E-state index in [1.165, 1.54) is 0 Å². The van der Waals surface area contributed by atoms with Crippen LogP contribution in [0.15, 0.2) is 6.07 Å². The molecule has 0 aliphatic rings. The van der Waals surface area contributed by atoms with Crippen LogP contribution in [0.25, 0.3) is 0 Å². The zero-order valence-electron chi connectivity index (χ0n) is 13.0. The standard InChI is InChI=1S/C13H26N6O/c1-13(2,9-19(3)4)8-15-10-6-11(18-14)17-12(16-10)7-20-5/h6H,7-9,14H2,1-5H3,(H2,15,16,17,18). The maximum Gasteiger partial charge on any atom is 0.158 e. The number of hydrogen-bond acceptors (Lipinski definition) is 7. The Labute approximate surface area is 120 Å². The molecule has 1 rings (SSSR count). The van der Waals surface area contributed by atoms with Crippen molar-refractivity contribution in [1.82, 2.24) is 14.9 Å². The maximum atomic E-state index is 5.42. The van der Waals surface area contributed by atoms with Crippen molar-refractivity contribution in [3.63, 3.8) is 0 Å². The highest BCUT2D eigenvalue weighted by Gasteiger charge is 2.19. The summed E-state index contributed by atoms with van der Waals surface area (Å²) in [6.45, 7) is 6.56. The quantitative estimate of drug-likeness (QED) is 0.482. The van der Waals surface area contributed by atoms with Crippen molar-refractivity contribution in [2.24, 2.45) is 11.3 Å². The summed E-state index contributed by atoms with van der Waals surface area (Å²) in [4.78, 5) is 10.8. The van der Waals surface area contributed by atoms with E-state index in [2.05, 4.69) is 53.6 Å². The molecule has 0 aliphatic heterocycles. The summed E-state index contributed by atoms with van der Waals surface area (Å²) in [6.07, 6.45) is 0. The lowest BCUT2D eigenvalue weighted by atomic mass is 9.93. The topological polar surface area (TPSA) is 88.3 Å². The van der Waals surface area contributed by atoms with Gasteiger partial charge in [0, 0.05) is 26.3 Å². The van der Waals surface area contributed by atoms with E-state index in [-0.39, 0.29) is 5.41 Å². The van der Waals surface area contributed by atoms with Gasteiger partial charge in [0.15, 0.2) is 5.82 Å². The van der Waals surface area contributed by atoms with Crippen molar-refractivity contribution in [3.05, 3.63) is 11.9 Å². The van der Waals surface area contributed by atoms with Gasteiger partial charge < -0.3 is 20.4 Å². The Bertz CT molecular complexity index is 421. The van der Waals surface area contributed by atoms with Crippen LogP contribution in [0.2, 0.25) is 0 Å². The predicted molar refractivity (Wildman–Crippen MR) is 81.4 cm³/mol. The molecule has 4 N–H and O–H groups in total. The molecule has 0 bridgehead atoms. The molecule has 0 saturated carbocycles. The van der Waals surface area contributed by atoms with Gasteiger partial charge in [0.1, 0.15) is 18.2 Å². The molecule has 0 unspecified atom stereocenters. The first-order chi connectivity index (χ1) is 9.36. The van der Waals surface area contributed by atoms with E-state index in [9.17, 15) is 0 Å². The van der Waals surface area contributed by atoms with E-state index >= 15 is 0 Å². The number of anilines is 2. The van der Waals surface area contributed by atoms with Crippen LogP contribution in [-0.4, -0.2) is 49.2 Å². The van der Waals surface area contributed by atoms with Crippen molar-refractivity contribution in [1.29, 1.82) is 0 Å². The summed E-state index contributed by atoms with van der Waals surface area (Å²) in [7, 11) is 5.75. The van der Waals surface area contributed by atoms with Crippen LogP contribution in [0.1, 0.15) is 19.7 Å². The SMILES string of the molecule is COCc1nc(NN)cc(NCC(C)(C)CN(C)C)n1. The van der Waals surface area contributed by atoms with E-state index in [1.54, 1.807) is 13.2 Å². The van der Waals surface area contributed by atoms with Gasteiger partial charge in [0.2, 0.25) is 0 Å². The molecule has 7 heteroatoms. The van der Waals surface area contributed by atoms with E-state index in [0.717, 1.165) is 18.9 Å². The van der Waals surface area contributed by atoms with Crippen LogP contribution in [0.3, 0.4) is 0 Å². The molecule has 7 nitrogen and oxygen atoms in total. The number of nitrogens with two attached hydrogens (primary N) is 1. The first kappa shape index (κ1) is 16.6. The Morgan fingerprint density at radius 2 is 1.95 bits per heavy atom. The van der Waals surface area contributed by atoms with Crippen molar-refractivity contribution < 1.29 is 4.74 Å². The highest BCUT2D eigenvalue weighted by atomic mass is 16.5. The molecule has 1 aromatic heterocycles. The van der Waals surface area contributed by atoms with Gasteiger partial charge in [-0.05, 0) is 19.5 Å². The second-order valence-electron chi connectivity index (χ2n) is 5.89. The number of nitrogens with zero attached hydrogens (tertiary/aromatic N) is 3.